The fourth-order valence-electron chi connectivity index (χ4n) is 3.82. The lowest BCUT2D eigenvalue weighted by Crippen LogP contribution is -1.98. The van der Waals surface area contributed by atoms with E-state index >= 15 is 0 Å². The molecule has 0 amide bonds. The van der Waals surface area contributed by atoms with Gasteiger partial charge in [0.25, 0.3) is 0 Å². The lowest BCUT2D eigenvalue weighted by atomic mass is 10.0. The molecule has 1 aromatic heterocycles. The zero-order valence-electron chi connectivity index (χ0n) is 18.0. The molecule has 2 nitrogen and oxygen atoms in total. The number of hydrogen-bond donors (Lipinski definition) is 0. The van der Waals surface area contributed by atoms with Gasteiger partial charge >= 0.3 is 0 Å². The fraction of sp³-hybridized carbons (Fsp3) is 0.875. The van der Waals surface area contributed by atoms with Gasteiger partial charge < -0.3 is 4.57 Å². The van der Waals surface area contributed by atoms with Gasteiger partial charge in [-0.15, -0.1) is 0 Å². The Kier molecular flexibility index (Phi) is 15.8. The Morgan fingerprint density at radius 2 is 1.00 bits per heavy atom. The molecule has 0 aliphatic carbocycles. The van der Waals surface area contributed by atoms with Crippen LogP contribution in [-0.4, -0.2) is 9.55 Å². The van der Waals surface area contributed by atoms with E-state index in [4.69, 9.17) is 0 Å². The summed E-state index contributed by atoms with van der Waals surface area (Å²) in [7, 11) is 0. The summed E-state index contributed by atoms with van der Waals surface area (Å²) in [6.45, 7) is 5.53. The second kappa shape index (κ2) is 17.6. The van der Waals surface area contributed by atoms with Crippen LogP contribution in [0.5, 0.6) is 0 Å². The molecule has 0 bridgehead atoms. The molecular weight excluding hydrogens is 316 g/mol. The van der Waals surface area contributed by atoms with Crippen molar-refractivity contribution in [2.24, 2.45) is 0 Å². The van der Waals surface area contributed by atoms with Crippen LogP contribution in [0.4, 0.5) is 0 Å². The summed E-state index contributed by atoms with van der Waals surface area (Å²) in [6, 6.07) is 0. The summed E-state index contributed by atoms with van der Waals surface area (Å²) in [5.74, 6) is 1.15. The minimum absolute atomic E-state index is 1.14. The second-order valence-corrected chi connectivity index (χ2v) is 8.18. The van der Waals surface area contributed by atoms with Crippen molar-refractivity contribution in [1.82, 2.24) is 9.55 Å². The van der Waals surface area contributed by atoms with Crippen LogP contribution < -0.4 is 0 Å². The summed E-state index contributed by atoms with van der Waals surface area (Å²) >= 11 is 0. The lowest BCUT2D eigenvalue weighted by molar-refractivity contribution is 0.517. The molecule has 0 spiro atoms. The Morgan fingerprint density at radius 3 is 1.35 bits per heavy atom. The largest absolute Gasteiger partial charge is 0.335 e. The quantitative estimate of drug-likeness (QED) is 0.227. The number of unbranched alkanes of at least 4 members (excludes halogenated alkanes) is 17. The van der Waals surface area contributed by atoms with Crippen molar-refractivity contribution in [2.75, 3.05) is 0 Å². The van der Waals surface area contributed by atoms with Crippen LogP contribution in [0.25, 0.3) is 0 Å². The highest BCUT2D eigenvalue weighted by molar-refractivity contribution is 4.87. The van der Waals surface area contributed by atoms with Crippen LogP contribution >= 0.6 is 0 Å². The highest BCUT2D eigenvalue weighted by Crippen LogP contribution is 2.14. The molecule has 0 aliphatic rings. The van der Waals surface area contributed by atoms with Gasteiger partial charge in [0.2, 0.25) is 0 Å². The van der Waals surface area contributed by atoms with Crippen molar-refractivity contribution in [3.63, 3.8) is 0 Å². The summed E-state index contributed by atoms with van der Waals surface area (Å²) < 4.78 is 2.27. The molecule has 0 fully saturated rings. The van der Waals surface area contributed by atoms with E-state index in [0.717, 1.165) is 12.4 Å². The van der Waals surface area contributed by atoms with E-state index in [-0.39, 0.29) is 0 Å². The molecule has 0 unspecified atom stereocenters. The Labute approximate surface area is 164 Å². The maximum absolute atomic E-state index is 4.28. The molecule has 0 aliphatic heterocycles. The zero-order chi connectivity index (χ0) is 18.7. The smallest absolute Gasteiger partial charge is 0.105 e. The number of imidazole rings is 1. The van der Waals surface area contributed by atoms with E-state index in [2.05, 4.69) is 29.6 Å². The van der Waals surface area contributed by atoms with Crippen molar-refractivity contribution in [3.8, 4) is 0 Å². The minimum Gasteiger partial charge on any atom is -0.335 e. The first-order chi connectivity index (χ1) is 12.8. The highest BCUT2D eigenvalue weighted by atomic mass is 15.0. The minimum atomic E-state index is 1.14. The van der Waals surface area contributed by atoms with Gasteiger partial charge in [0.15, 0.2) is 0 Å². The van der Waals surface area contributed by atoms with Crippen LogP contribution in [-0.2, 0) is 6.54 Å². The average molecular weight is 363 g/mol. The van der Waals surface area contributed by atoms with Crippen LogP contribution in [0.3, 0.4) is 0 Å². The molecular formula is C24H46N2. The van der Waals surface area contributed by atoms with E-state index in [1.165, 1.54) is 116 Å². The van der Waals surface area contributed by atoms with Gasteiger partial charge in [0.05, 0.1) is 0 Å². The SMILES string of the molecule is CCCCCCCCCCCCCCCCCCCCn1ccnc1C. The van der Waals surface area contributed by atoms with Gasteiger partial charge in [-0.05, 0) is 13.3 Å². The lowest BCUT2D eigenvalue weighted by Gasteiger charge is -2.05. The molecule has 1 aromatic rings. The van der Waals surface area contributed by atoms with Gasteiger partial charge in [0, 0.05) is 18.9 Å². The van der Waals surface area contributed by atoms with Gasteiger partial charge in [-0.2, -0.15) is 0 Å². The third-order valence-electron chi connectivity index (χ3n) is 5.68. The molecule has 26 heavy (non-hydrogen) atoms. The average Bonchev–Trinajstić information content (AvgIpc) is 3.05. The molecule has 0 atom stereocenters. The molecule has 0 radical (unpaired) electrons. The van der Waals surface area contributed by atoms with Crippen molar-refractivity contribution >= 4 is 0 Å². The molecule has 0 aromatic carbocycles. The Morgan fingerprint density at radius 1 is 0.615 bits per heavy atom. The second-order valence-electron chi connectivity index (χ2n) is 8.18. The van der Waals surface area contributed by atoms with Crippen molar-refractivity contribution in [1.29, 1.82) is 0 Å². The highest BCUT2D eigenvalue weighted by Gasteiger charge is 1.97. The van der Waals surface area contributed by atoms with E-state index in [0.29, 0.717) is 0 Å². The zero-order valence-corrected chi connectivity index (χ0v) is 18.0. The molecule has 1 heterocycles. The summed E-state index contributed by atoms with van der Waals surface area (Å²) in [6.07, 6.45) is 29.9. The van der Waals surface area contributed by atoms with Crippen LogP contribution in [0.1, 0.15) is 128 Å². The van der Waals surface area contributed by atoms with Crippen molar-refractivity contribution in [2.45, 2.75) is 136 Å². The molecule has 0 saturated carbocycles. The number of rotatable bonds is 19. The Hall–Kier alpha value is -0.790. The summed E-state index contributed by atoms with van der Waals surface area (Å²) in [4.78, 5) is 4.28. The standard InChI is InChI=1S/C24H46N2/c1-3-4-5-6-7-8-9-10-11-12-13-14-15-16-17-18-19-20-22-26-23-21-25-24(26)2/h21,23H,3-20,22H2,1-2H3. The maximum Gasteiger partial charge on any atom is 0.105 e. The van der Waals surface area contributed by atoms with Crippen molar-refractivity contribution in [3.05, 3.63) is 18.2 Å². The summed E-state index contributed by atoms with van der Waals surface area (Å²) in [5.41, 5.74) is 0. The van der Waals surface area contributed by atoms with E-state index in [1.54, 1.807) is 0 Å². The normalized spacial score (nSPS) is 11.3. The third kappa shape index (κ3) is 13.4. The predicted molar refractivity (Wildman–Crippen MR) is 116 cm³/mol. The topological polar surface area (TPSA) is 17.8 Å². The van der Waals surface area contributed by atoms with Crippen molar-refractivity contribution < 1.29 is 0 Å². The third-order valence-corrected chi connectivity index (χ3v) is 5.68. The molecule has 2 heteroatoms. The Bertz CT molecular complexity index is 397. The van der Waals surface area contributed by atoms with E-state index in [9.17, 15) is 0 Å². The van der Waals surface area contributed by atoms with Gasteiger partial charge in [-0.1, -0.05) is 116 Å². The van der Waals surface area contributed by atoms with Gasteiger partial charge in [0.1, 0.15) is 5.82 Å². The fourth-order valence-corrected chi connectivity index (χ4v) is 3.82. The first kappa shape index (κ1) is 23.2. The molecule has 152 valence electrons. The molecule has 1 rings (SSSR count). The van der Waals surface area contributed by atoms with Crippen LogP contribution in [0.2, 0.25) is 0 Å². The monoisotopic (exact) mass is 362 g/mol. The van der Waals surface area contributed by atoms with Crippen LogP contribution in [0, 0.1) is 6.92 Å². The molecule has 0 N–H and O–H groups in total. The van der Waals surface area contributed by atoms with Gasteiger partial charge in [-0.25, -0.2) is 4.98 Å². The predicted octanol–water partition coefficient (Wildman–Crippen LogP) is 8.23. The summed E-state index contributed by atoms with van der Waals surface area (Å²) in [5, 5.41) is 0. The Balaban J connectivity index is 1.69. The van der Waals surface area contributed by atoms with E-state index in [1.807, 2.05) is 6.20 Å². The number of aromatic nitrogens is 2. The maximum atomic E-state index is 4.28. The first-order valence-corrected chi connectivity index (χ1v) is 11.8. The first-order valence-electron chi connectivity index (χ1n) is 11.8. The number of nitrogens with zero attached hydrogens (tertiary/aromatic N) is 2. The van der Waals surface area contributed by atoms with Gasteiger partial charge in [-0.3, -0.25) is 0 Å². The van der Waals surface area contributed by atoms with Crippen LogP contribution in [0.15, 0.2) is 12.4 Å². The molecule has 0 saturated heterocycles. The number of hydrogen-bond acceptors (Lipinski definition) is 1. The number of aryl methyl sites for hydroxylation is 2. The van der Waals surface area contributed by atoms with E-state index < -0.39 is 0 Å².